The van der Waals surface area contributed by atoms with Crippen molar-refractivity contribution in [3.05, 3.63) is 46.1 Å². The number of hydrogen-bond donors (Lipinski definition) is 0. The number of amides is 2. The molecule has 0 N–H and O–H groups in total. The van der Waals surface area contributed by atoms with Crippen LogP contribution < -0.4 is 0 Å². The molecule has 6 rings (SSSR count). The Morgan fingerprint density at radius 1 is 1.10 bits per heavy atom. The zero-order valence-electron chi connectivity index (χ0n) is 22.6. The summed E-state index contributed by atoms with van der Waals surface area (Å²) in [6.07, 6.45) is -3.01. The molecule has 2 unspecified atom stereocenters. The Kier molecular flexibility index (Phi) is 7.05. The third-order valence-electron chi connectivity index (χ3n) is 7.98. The van der Waals surface area contributed by atoms with E-state index in [0.29, 0.717) is 26.9 Å². The molecule has 3 aromatic rings. The minimum Gasteiger partial charge on any atom is -0.379 e. The Balaban J connectivity index is 0.000000384. The molecular weight excluding hydrogens is 529 g/mol. The maximum atomic E-state index is 13.4. The van der Waals surface area contributed by atoms with E-state index in [1.807, 2.05) is 13.8 Å². The number of carbonyl (C=O) groups is 2. The van der Waals surface area contributed by atoms with Gasteiger partial charge in [0, 0.05) is 29.7 Å². The maximum Gasteiger partial charge on any atom is 0.433 e. The highest BCUT2D eigenvalue weighted by Crippen LogP contribution is 2.63. The zero-order chi connectivity index (χ0) is 28.3. The van der Waals surface area contributed by atoms with Crippen LogP contribution in [-0.4, -0.2) is 64.9 Å². The molecule has 2 atom stereocenters. The molecule has 3 aliphatic rings. The minimum absolute atomic E-state index is 0.148. The van der Waals surface area contributed by atoms with E-state index in [1.54, 1.807) is 26.0 Å². The number of hydrogen-bond acceptors (Lipinski definition) is 7. The van der Waals surface area contributed by atoms with Crippen molar-refractivity contribution < 1.29 is 27.5 Å². The lowest BCUT2D eigenvalue weighted by Crippen LogP contribution is -2.35. The Hall–Kier alpha value is -2.89. The Morgan fingerprint density at radius 2 is 1.74 bits per heavy atom. The van der Waals surface area contributed by atoms with Gasteiger partial charge in [-0.25, -0.2) is 4.98 Å². The number of pyridine rings is 2. The third kappa shape index (κ3) is 5.07. The molecule has 3 aromatic heterocycles. The van der Waals surface area contributed by atoms with Crippen LogP contribution in [0.25, 0.3) is 21.5 Å². The van der Waals surface area contributed by atoms with Gasteiger partial charge in [-0.05, 0) is 55.6 Å². The highest BCUT2D eigenvalue weighted by atomic mass is 32.1. The number of aromatic nitrogens is 2. The van der Waals surface area contributed by atoms with Crippen molar-refractivity contribution in [2.24, 2.45) is 17.3 Å². The second-order valence-corrected chi connectivity index (χ2v) is 12.2. The van der Waals surface area contributed by atoms with Gasteiger partial charge in [0.05, 0.1) is 47.5 Å². The van der Waals surface area contributed by atoms with Gasteiger partial charge in [-0.2, -0.15) is 13.2 Å². The van der Waals surface area contributed by atoms with Crippen molar-refractivity contribution in [2.45, 2.75) is 40.4 Å². The van der Waals surface area contributed by atoms with Crippen LogP contribution in [0.15, 0.2) is 24.4 Å². The first-order chi connectivity index (χ1) is 18.3. The molecule has 1 aliphatic carbocycles. The van der Waals surface area contributed by atoms with Gasteiger partial charge in [-0.1, -0.05) is 13.8 Å². The first-order valence-corrected chi connectivity index (χ1v) is 13.7. The summed E-state index contributed by atoms with van der Waals surface area (Å²) in [5.41, 5.74) is 1.36. The lowest BCUT2D eigenvalue weighted by molar-refractivity contribution is -0.144. The predicted octanol–water partition coefficient (Wildman–Crippen LogP) is 5.08. The molecule has 0 spiro atoms. The van der Waals surface area contributed by atoms with Crippen LogP contribution >= 0.6 is 11.3 Å². The molecule has 3 fully saturated rings. The number of likely N-dealkylation sites (N-methyl/N-ethyl adjacent to an activating group) is 1. The van der Waals surface area contributed by atoms with Gasteiger partial charge in [0.2, 0.25) is 11.8 Å². The van der Waals surface area contributed by atoms with Crippen molar-refractivity contribution in [1.82, 2.24) is 19.8 Å². The summed E-state index contributed by atoms with van der Waals surface area (Å²) in [6.45, 7) is 11.4. The molecule has 7 nitrogen and oxygen atoms in total. The van der Waals surface area contributed by atoms with Crippen LogP contribution in [0.4, 0.5) is 13.2 Å². The minimum atomic E-state index is -4.55. The Labute approximate surface area is 229 Å². The largest absolute Gasteiger partial charge is 0.433 e. The summed E-state index contributed by atoms with van der Waals surface area (Å²) in [4.78, 5) is 37.9. The number of aryl methyl sites for hydroxylation is 1. The SMILES string of the molecule is CN1CCOCC1.Cc1cc(C(F)(F)F)nc(-c2ccnc3cc(CN4C(=O)C5C(C4=O)C5(C)C)sc23)c1C. The number of ether oxygens (including phenoxy) is 1. The molecule has 0 aromatic carbocycles. The van der Waals surface area contributed by atoms with Crippen LogP contribution in [0, 0.1) is 31.1 Å². The van der Waals surface area contributed by atoms with Crippen LogP contribution in [0.2, 0.25) is 0 Å². The first-order valence-electron chi connectivity index (χ1n) is 12.9. The number of imide groups is 1. The normalized spacial score (nSPS) is 22.6. The fourth-order valence-electron chi connectivity index (χ4n) is 5.37. The highest BCUT2D eigenvalue weighted by Gasteiger charge is 2.72. The second-order valence-electron chi connectivity index (χ2n) is 11.0. The van der Waals surface area contributed by atoms with Crippen LogP contribution in [0.5, 0.6) is 0 Å². The predicted molar refractivity (Wildman–Crippen MR) is 142 cm³/mol. The molecule has 11 heteroatoms. The number of alkyl halides is 3. The lowest BCUT2D eigenvalue weighted by Gasteiger charge is -2.21. The third-order valence-corrected chi connectivity index (χ3v) is 9.12. The molecule has 2 amide bonds. The standard InChI is InChI=1S/C23H20F3N3O2S.C5H11NO/c1-10-7-15(23(24,25)26)28-18(11(10)2)13-5-6-27-14-8-12(32-19(13)14)9-29-20(30)16-17(21(29)31)22(16,3)4;1-6-2-4-7-5-3-6/h5-8,16-17H,9H2,1-4H3;2-5H2,1H3. The number of carbonyl (C=O) groups excluding carboxylic acids is 2. The number of nitrogens with zero attached hydrogens (tertiary/aromatic N) is 4. The van der Waals surface area contributed by atoms with Crippen molar-refractivity contribution in [3.8, 4) is 11.3 Å². The maximum absolute atomic E-state index is 13.4. The van der Waals surface area contributed by atoms with E-state index in [0.717, 1.165) is 37.2 Å². The molecule has 39 heavy (non-hydrogen) atoms. The summed E-state index contributed by atoms with van der Waals surface area (Å²) in [6, 6.07) is 4.49. The van der Waals surface area contributed by atoms with E-state index in [2.05, 4.69) is 21.9 Å². The van der Waals surface area contributed by atoms with E-state index in [1.165, 1.54) is 22.4 Å². The van der Waals surface area contributed by atoms with Gasteiger partial charge in [-0.3, -0.25) is 19.5 Å². The van der Waals surface area contributed by atoms with Crippen molar-refractivity contribution in [3.63, 3.8) is 0 Å². The van der Waals surface area contributed by atoms with Crippen molar-refractivity contribution >= 4 is 33.4 Å². The quantitative estimate of drug-likeness (QED) is 0.416. The number of fused-ring (bicyclic) bond motifs is 2. The molecular formula is C28H31F3N4O3S. The number of halogens is 3. The van der Waals surface area contributed by atoms with E-state index in [4.69, 9.17) is 4.74 Å². The number of thiophene rings is 1. The molecule has 208 valence electrons. The van der Waals surface area contributed by atoms with E-state index >= 15 is 0 Å². The summed E-state index contributed by atoms with van der Waals surface area (Å²) >= 11 is 1.32. The molecule has 0 radical (unpaired) electrons. The summed E-state index contributed by atoms with van der Waals surface area (Å²) < 4.78 is 45.9. The van der Waals surface area contributed by atoms with Crippen molar-refractivity contribution in [1.29, 1.82) is 0 Å². The van der Waals surface area contributed by atoms with Gasteiger partial charge in [0.1, 0.15) is 5.69 Å². The number of likely N-dealkylation sites (tertiary alicyclic amines) is 1. The van der Waals surface area contributed by atoms with Crippen LogP contribution in [0.3, 0.4) is 0 Å². The number of rotatable bonds is 3. The molecule has 5 heterocycles. The average molecular weight is 561 g/mol. The average Bonchev–Trinajstić information content (AvgIpc) is 3.11. The first kappa shape index (κ1) is 27.7. The fraction of sp³-hybridized carbons (Fsp3) is 0.500. The van der Waals surface area contributed by atoms with Gasteiger partial charge < -0.3 is 9.64 Å². The van der Waals surface area contributed by atoms with Crippen molar-refractivity contribution in [2.75, 3.05) is 33.4 Å². The summed E-state index contributed by atoms with van der Waals surface area (Å²) in [5.74, 6) is -0.806. The monoisotopic (exact) mass is 560 g/mol. The van der Waals surface area contributed by atoms with Gasteiger partial charge in [0.15, 0.2) is 0 Å². The van der Waals surface area contributed by atoms with Crippen LogP contribution in [0.1, 0.15) is 35.5 Å². The topological polar surface area (TPSA) is 75.6 Å². The molecule has 1 saturated carbocycles. The number of piperidine rings is 1. The zero-order valence-corrected chi connectivity index (χ0v) is 23.4. The second kappa shape index (κ2) is 9.94. The van der Waals surface area contributed by atoms with E-state index in [9.17, 15) is 22.8 Å². The van der Waals surface area contributed by atoms with E-state index < -0.39 is 11.9 Å². The molecule has 2 saturated heterocycles. The smallest absolute Gasteiger partial charge is 0.379 e. The molecule has 0 bridgehead atoms. The lowest BCUT2D eigenvalue weighted by atomic mass is 10.0. The molecule has 2 aliphatic heterocycles. The van der Waals surface area contributed by atoms with Gasteiger partial charge in [0.25, 0.3) is 0 Å². The Morgan fingerprint density at radius 3 is 2.31 bits per heavy atom. The Bertz CT molecular complexity index is 1420. The summed E-state index contributed by atoms with van der Waals surface area (Å²) in [7, 11) is 2.11. The fourth-order valence-corrected chi connectivity index (χ4v) is 6.48. The van der Waals surface area contributed by atoms with Gasteiger partial charge in [-0.15, -0.1) is 11.3 Å². The highest BCUT2D eigenvalue weighted by molar-refractivity contribution is 7.19. The van der Waals surface area contributed by atoms with Gasteiger partial charge >= 0.3 is 6.18 Å². The van der Waals surface area contributed by atoms with Crippen LogP contribution in [-0.2, 0) is 27.0 Å². The summed E-state index contributed by atoms with van der Waals surface area (Å²) in [5, 5.41) is 0. The number of morpholine rings is 1. The van der Waals surface area contributed by atoms with E-state index in [-0.39, 0.29) is 41.3 Å².